The number of hydrogen-bond acceptors (Lipinski definition) is 4. The topological polar surface area (TPSA) is 51.6 Å². The van der Waals surface area contributed by atoms with Gasteiger partial charge in [-0.05, 0) is 49.2 Å². The Hall–Kier alpha value is -0.880. The Labute approximate surface area is 194 Å². The van der Waals surface area contributed by atoms with Crippen LogP contribution in [0.5, 0.6) is 0 Å². The minimum Gasteiger partial charge on any atom is -0.255 e. The van der Waals surface area contributed by atoms with Crippen molar-refractivity contribution in [2.45, 2.75) is 22.4 Å². The molecule has 150 valence electrons. The Bertz CT molecular complexity index is 767. The monoisotopic (exact) mass is 498 g/mol. The van der Waals surface area contributed by atoms with E-state index in [0.29, 0.717) is 0 Å². The van der Waals surface area contributed by atoms with Gasteiger partial charge in [-0.1, -0.05) is 69.6 Å². The summed E-state index contributed by atoms with van der Waals surface area (Å²) in [6, 6.07) is 7.91. The Morgan fingerprint density at radius 1 is 0.571 bits per heavy atom. The van der Waals surface area contributed by atoms with Crippen LogP contribution >= 0.6 is 69.6 Å². The van der Waals surface area contributed by atoms with Gasteiger partial charge in [-0.2, -0.15) is 0 Å². The van der Waals surface area contributed by atoms with E-state index in [2.05, 4.69) is 19.9 Å². The standard InChI is InChI=1S/C16H14N4.2CHCl3/c1-11-3-5-17-13(7-11)15-9-20-16(10-19-15)14-8-12(2)4-6-18-14;2*2-1(3)4/h3-10H,1-2H3;2*1H. The number of hydrogen-bond donors (Lipinski definition) is 0. The van der Waals surface area contributed by atoms with Crippen LogP contribution in [0.15, 0.2) is 49.1 Å². The van der Waals surface area contributed by atoms with Crippen molar-refractivity contribution in [2.75, 3.05) is 0 Å². The van der Waals surface area contributed by atoms with Crippen molar-refractivity contribution in [3.63, 3.8) is 0 Å². The number of pyridine rings is 2. The highest BCUT2D eigenvalue weighted by Crippen LogP contribution is 2.18. The molecular weight excluding hydrogens is 485 g/mol. The molecule has 0 aliphatic carbocycles. The van der Waals surface area contributed by atoms with Crippen molar-refractivity contribution in [3.8, 4) is 22.8 Å². The van der Waals surface area contributed by atoms with Gasteiger partial charge in [0, 0.05) is 12.4 Å². The number of aryl methyl sites for hydroxylation is 2. The summed E-state index contributed by atoms with van der Waals surface area (Å²) in [4.78, 5) is 17.5. The summed E-state index contributed by atoms with van der Waals surface area (Å²) in [7, 11) is 0. The van der Waals surface area contributed by atoms with E-state index in [9.17, 15) is 0 Å². The van der Waals surface area contributed by atoms with Crippen LogP contribution in [0.25, 0.3) is 22.8 Å². The maximum atomic E-state index is 4.81. The Balaban J connectivity index is 0.000000420. The van der Waals surface area contributed by atoms with Crippen molar-refractivity contribution in [1.82, 2.24) is 19.9 Å². The molecule has 0 aromatic carbocycles. The molecule has 28 heavy (non-hydrogen) atoms. The van der Waals surface area contributed by atoms with Gasteiger partial charge in [0.25, 0.3) is 0 Å². The van der Waals surface area contributed by atoms with Crippen LogP contribution in [-0.4, -0.2) is 28.5 Å². The van der Waals surface area contributed by atoms with E-state index in [4.69, 9.17) is 69.6 Å². The SMILES string of the molecule is Cc1ccnc(-c2cnc(-c3cc(C)ccn3)cn2)c1.ClC(Cl)Cl.ClC(Cl)Cl. The van der Waals surface area contributed by atoms with Crippen LogP contribution in [-0.2, 0) is 0 Å². The lowest BCUT2D eigenvalue weighted by Gasteiger charge is -2.03. The summed E-state index contributed by atoms with van der Waals surface area (Å²) < 4.78 is -1.50. The van der Waals surface area contributed by atoms with Gasteiger partial charge in [0.15, 0.2) is 8.59 Å². The Morgan fingerprint density at radius 2 is 0.893 bits per heavy atom. The summed E-state index contributed by atoms with van der Waals surface area (Å²) in [5, 5.41) is 0. The van der Waals surface area contributed by atoms with Gasteiger partial charge in [-0.3, -0.25) is 19.9 Å². The van der Waals surface area contributed by atoms with Crippen LogP contribution in [0.3, 0.4) is 0 Å². The van der Waals surface area contributed by atoms with Crippen molar-refractivity contribution in [2.24, 2.45) is 0 Å². The van der Waals surface area contributed by atoms with E-state index in [-0.39, 0.29) is 0 Å². The highest BCUT2D eigenvalue weighted by molar-refractivity contribution is 6.63. The smallest absolute Gasteiger partial charge is 0.180 e. The fourth-order valence-corrected chi connectivity index (χ4v) is 1.95. The molecule has 3 heterocycles. The molecule has 3 aromatic rings. The second-order valence-electron chi connectivity index (χ2n) is 5.22. The molecule has 3 rings (SSSR count). The number of nitrogens with zero attached hydrogens (tertiary/aromatic N) is 4. The van der Waals surface area contributed by atoms with Crippen molar-refractivity contribution in [3.05, 3.63) is 60.2 Å². The summed E-state index contributed by atoms with van der Waals surface area (Å²) >= 11 is 28.8. The van der Waals surface area contributed by atoms with Gasteiger partial charge < -0.3 is 0 Å². The first-order chi connectivity index (χ1) is 13.2. The van der Waals surface area contributed by atoms with Gasteiger partial charge in [0.2, 0.25) is 0 Å². The van der Waals surface area contributed by atoms with E-state index in [0.717, 1.165) is 33.9 Å². The number of rotatable bonds is 2. The lowest BCUT2D eigenvalue weighted by atomic mass is 10.2. The summed E-state index contributed by atoms with van der Waals surface area (Å²) in [6.45, 7) is 4.06. The molecule has 0 unspecified atom stereocenters. The van der Waals surface area contributed by atoms with Gasteiger partial charge in [-0.15, -0.1) is 0 Å². The Morgan fingerprint density at radius 3 is 1.14 bits per heavy atom. The number of halogens is 6. The van der Waals surface area contributed by atoms with Crippen LogP contribution in [0.2, 0.25) is 0 Å². The molecule has 0 radical (unpaired) electrons. The van der Waals surface area contributed by atoms with E-state index in [1.807, 2.05) is 38.1 Å². The average Bonchev–Trinajstić information content (AvgIpc) is 2.61. The molecule has 0 atom stereocenters. The third-order valence-corrected chi connectivity index (χ3v) is 3.01. The molecule has 0 fully saturated rings. The van der Waals surface area contributed by atoms with E-state index in [1.165, 1.54) is 0 Å². The summed E-state index contributed by atoms with van der Waals surface area (Å²) in [5.74, 6) is 0. The first-order valence-corrected chi connectivity index (χ1v) is 10.3. The highest BCUT2D eigenvalue weighted by atomic mass is 35.6. The minimum atomic E-state index is -0.750. The molecule has 10 heteroatoms. The largest absolute Gasteiger partial charge is 0.255 e. The fraction of sp³-hybridized carbons (Fsp3) is 0.222. The third-order valence-electron chi connectivity index (χ3n) is 3.01. The molecular formula is C18H16Cl6N4. The van der Waals surface area contributed by atoms with Crippen LogP contribution in [0.1, 0.15) is 11.1 Å². The van der Waals surface area contributed by atoms with Crippen LogP contribution in [0, 0.1) is 13.8 Å². The molecule has 4 nitrogen and oxygen atoms in total. The summed E-state index contributed by atoms with van der Waals surface area (Å²) in [6.07, 6.45) is 7.03. The highest BCUT2D eigenvalue weighted by Gasteiger charge is 2.05. The normalized spacial score (nSPS) is 10.1. The maximum absolute atomic E-state index is 4.81. The predicted molar refractivity (Wildman–Crippen MR) is 121 cm³/mol. The van der Waals surface area contributed by atoms with E-state index >= 15 is 0 Å². The quantitative estimate of drug-likeness (QED) is 0.349. The third kappa shape index (κ3) is 10.6. The number of alkyl halides is 6. The van der Waals surface area contributed by atoms with Gasteiger partial charge in [-0.25, -0.2) is 0 Å². The zero-order chi connectivity index (χ0) is 21.1. The molecule has 0 N–H and O–H groups in total. The van der Waals surface area contributed by atoms with Crippen LogP contribution in [0.4, 0.5) is 0 Å². The minimum absolute atomic E-state index is 0.750. The number of aromatic nitrogens is 4. The van der Waals surface area contributed by atoms with E-state index < -0.39 is 8.59 Å². The second-order valence-corrected chi connectivity index (χ2v) is 9.18. The molecule has 0 bridgehead atoms. The maximum Gasteiger partial charge on any atom is 0.180 e. The zero-order valence-electron chi connectivity index (χ0n) is 14.8. The lowest BCUT2D eigenvalue weighted by molar-refractivity contribution is 1.15. The van der Waals surface area contributed by atoms with E-state index in [1.54, 1.807) is 24.8 Å². The first-order valence-electron chi connectivity index (χ1n) is 7.71. The second kappa shape index (κ2) is 13.4. The fourth-order valence-electron chi connectivity index (χ4n) is 1.95. The average molecular weight is 501 g/mol. The molecule has 0 aliphatic rings. The van der Waals surface area contributed by atoms with Crippen LogP contribution < -0.4 is 0 Å². The zero-order valence-corrected chi connectivity index (χ0v) is 19.4. The molecule has 0 saturated carbocycles. The first kappa shape index (κ1) is 25.2. The van der Waals surface area contributed by atoms with Crippen molar-refractivity contribution < 1.29 is 0 Å². The molecule has 0 saturated heterocycles. The molecule has 0 aliphatic heterocycles. The molecule has 3 aromatic heterocycles. The molecule has 0 amide bonds. The van der Waals surface area contributed by atoms with Gasteiger partial charge in [0.05, 0.1) is 23.8 Å². The lowest BCUT2D eigenvalue weighted by Crippen LogP contribution is -1.93. The van der Waals surface area contributed by atoms with Crippen molar-refractivity contribution >= 4 is 69.6 Å². The molecule has 0 spiro atoms. The Kier molecular flexibility index (Phi) is 12.0. The predicted octanol–water partition coefficient (Wildman–Crippen LogP) is 7.19. The van der Waals surface area contributed by atoms with Gasteiger partial charge >= 0.3 is 0 Å². The van der Waals surface area contributed by atoms with Crippen molar-refractivity contribution in [1.29, 1.82) is 0 Å². The summed E-state index contributed by atoms with van der Waals surface area (Å²) in [5.41, 5.74) is 5.51. The van der Waals surface area contributed by atoms with Gasteiger partial charge in [0.1, 0.15) is 11.4 Å².